The summed E-state index contributed by atoms with van der Waals surface area (Å²) in [7, 11) is 1.76. The van der Waals surface area contributed by atoms with Gasteiger partial charge in [0, 0.05) is 11.9 Å². The summed E-state index contributed by atoms with van der Waals surface area (Å²) in [5.41, 5.74) is 0.662. The lowest BCUT2D eigenvalue weighted by Crippen LogP contribution is -2.02. The number of nitrogens with zero attached hydrogens (tertiary/aromatic N) is 4. The first kappa shape index (κ1) is 13.8. The van der Waals surface area contributed by atoms with E-state index in [0.717, 1.165) is 22.8 Å². The Morgan fingerprint density at radius 2 is 2.10 bits per heavy atom. The third kappa shape index (κ3) is 2.68. The Morgan fingerprint density at radius 1 is 1.29 bits per heavy atom. The molecule has 110 valence electrons. The highest BCUT2D eigenvalue weighted by atomic mass is 32.1. The number of thiophene rings is 1. The lowest BCUT2D eigenvalue weighted by Gasteiger charge is -2.05. The summed E-state index contributed by atoms with van der Waals surface area (Å²) in [6.45, 7) is 0.266. The molecule has 0 unspecified atom stereocenters. The molecule has 1 N–H and O–H groups in total. The van der Waals surface area contributed by atoms with Gasteiger partial charge in [0.15, 0.2) is 5.65 Å². The second-order valence-electron chi connectivity index (χ2n) is 4.35. The van der Waals surface area contributed by atoms with Crippen LogP contribution in [0.3, 0.4) is 0 Å². The molecule has 0 aliphatic rings. The first-order valence-corrected chi connectivity index (χ1v) is 6.79. The molecule has 21 heavy (non-hydrogen) atoms. The zero-order valence-corrected chi connectivity index (χ0v) is 11.7. The van der Waals surface area contributed by atoms with Gasteiger partial charge in [-0.05, 0) is 12.1 Å². The van der Waals surface area contributed by atoms with Gasteiger partial charge in [-0.3, -0.25) is 4.68 Å². The van der Waals surface area contributed by atoms with Crippen LogP contribution in [0.4, 0.5) is 19.0 Å². The van der Waals surface area contributed by atoms with Gasteiger partial charge in [-0.25, -0.2) is 9.97 Å². The molecule has 0 aliphatic carbocycles. The van der Waals surface area contributed by atoms with Crippen molar-refractivity contribution in [3.05, 3.63) is 34.4 Å². The van der Waals surface area contributed by atoms with E-state index in [2.05, 4.69) is 20.4 Å². The molecule has 5 nitrogen and oxygen atoms in total. The van der Waals surface area contributed by atoms with Crippen molar-refractivity contribution >= 4 is 28.2 Å². The zero-order valence-electron chi connectivity index (χ0n) is 10.8. The normalized spacial score (nSPS) is 12.0. The Bertz CT molecular complexity index is 777. The Balaban J connectivity index is 1.79. The number of nitrogens with one attached hydrogen (secondary N) is 1. The maximum atomic E-state index is 12.5. The van der Waals surface area contributed by atoms with Crippen molar-refractivity contribution in [1.29, 1.82) is 0 Å². The van der Waals surface area contributed by atoms with Crippen molar-refractivity contribution in [2.45, 2.75) is 12.7 Å². The van der Waals surface area contributed by atoms with Gasteiger partial charge in [0.2, 0.25) is 0 Å². The molecule has 3 aromatic rings. The van der Waals surface area contributed by atoms with E-state index in [-0.39, 0.29) is 6.54 Å². The second kappa shape index (κ2) is 4.99. The Kier molecular flexibility index (Phi) is 3.28. The summed E-state index contributed by atoms with van der Waals surface area (Å²) in [6.07, 6.45) is -1.29. The second-order valence-corrected chi connectivity index (χ2v) is 5.51. The Labute approximate surface area is 121 Å². The highest BCUT2D eigenvalue weighted by molar-refractivity contribution is 7.12. The highest BCUT2D eigenvalue weighted by Gasteiger charge is 2.32. The maximum absolute atomic E-state index is 12.5. The number of hydrogen-bond donors (Lipinski definition) is 1. The standard InChI is InChI=1S/C12H10F3N5S/c1-20-11-8(5-19-20)10(17-6-18-11)16-4-7-2-3-9(21-7)12(13,14)15/h2-3,5-6H,4H2,1H3,(H,16,17,18). The van der Waals surface area contributed by atoms with Gasteiger partial charge in [0.25, 0.3) is 0 Å². The van der Waals surface area contributed by atoms with Crippen LogP contribution in [-0.4, -0.2) is 19.7 Å². The van der Waals surface area contributed by atoms with Crippen molar-refractivity contribution in [1.82, 2.24) is 19.7 Å². The fourth-order valence-corrected chi connectivity index (χ4v) is 2.71. The van der Waals surface area contributed by atoms with Crippen LogP contribution in [-0.2, 0) is 19.8 Å². The summed E-state index contributed by atoms with van der Waals surface area (Å²) in [6, 6.07) is 2.55. The SMILES string of the molecule is Cn1ncc2c(NCc3ccc(C(F)(F)F)s3)ncnc21. The minimum atomic E-state index is -4.30. The molecule has 0 aromatic carbocycles. The molecule has 0 atom stereocenters. The quantitative estimate of drug-likeness (QED) is 0.807. The van der Waals surface area contributed by atoms with Crippen molar-refractivity contribution < 1.29 is 13.2 Å². The summed E-state index contributed by atoms with van der Waals surface area (Å²) < 4.78 is 39.2. The number of halogens is 3. The van der Waals surface area contributed by atoms with E-state index >= 15 is 0 Å². The average molecular weight is 313 g/mol. The third-order valence-corrected chi connectivity index (χ3v) is 4.03. The molecule has 0 radical (unpaired) electrons. The molecule has 0 amide bonds. The number of rotatable bonds is 3. The lowest BCUT2D eigenvalue weighted by molar-refractivity contribution is -0.134. The highest BCUT2D eigenvalue weighted by Crippen LogP contribution is 2.34. The molecular weight excluding hydrogens is 303 g/mol. The summed E-state index contributed by atoms with van der Waals surface area (Å²) in [4.78, 5) is 8.17. The third-order valence-electron chi connectivity index (χ3n) is 2.90. The Morgan fingerprint density at radius 3 is 2.81 bits per heavy atom. The first-order valence-electron chi connectivity index (χ1n) is 5.97. The van der Waals surface area contributed by atoms with Crippen molar-refractivity contribution in [2.24, 2.45) is 7.05 Å². The zero-order chi connectivity index (χ0) is 15.0. The molecule has 0 fully saturated rings. The van der Waals surface area contributed by atoms with Gasteiger partial charge >= 0.3 is 6.18 Å². The smallest absolute Gasteiger partial charge is 0.364 e. The minimum absolute atomic E-state index is 0.266. The van der Waals surface area contributed by atoms with E-state index in [1.165, 1.54) is 12.4 Å². The predicted octanol–water partition coefficient (Wildman–Crippen LogP) is 3.06. The number of alkyl halides is 3. The van der Waals surface area contributed by atoms with Gasteiger partial charge in [0.1, 0.15) is 17.0 Å². The number of aryl methyl sites for hydroxylation is 1. The molecule has 0 saturated heterocycles. The van der Waals surface area contributed by atoms with Gasteiger partial charge in [-0.2, -0.15) is 18.3 Å². The largest absolute Gasteiger partial charge is 0.425 e. The van der Waals surface area contributed by atoms with Crippen molar-refractivity contribution in [3.8, 4) is 0 Å². The van der Waals surface area contributed by atoms with Crippen LogP contribution in [0.25, 0.3) is 11.0 Å². The lowest BCUT2D eigenvalue weighted by atomic mass is 10.3. The molecule has 0 bridgehead atoms. The van der Waals surface area contributed by atoms with Crippen LogP contribution in [0.15, 0.2) is 24.7 Å². The van der Waals surface area contributed by atoms with E-state index in [1.54, 1.807) is 17.9 Å². The molecule has 3 heterocycles. The molecule has 0 spiro atoms. The van der Waals surface area contributed by atoms with E-state index in [4.69, 9.17) is 0 Å². The summed E-state index contributed by atoms with van der Waals surface area (Å²) in [5.74, 6) is 0.551. The van der Waals surface area contributed by atoms with Crippen LogP contribution in [0, 0.1) is 0 Å². The van der Waals surface area contributed by atoms with Crippen LogP contribution >= 0.6 is 11.3 Å². The summed E-state index contributed by atoms with van der Waals surface area (Å²) in [5, 5.41) is 7.83. The van der Waals surface area contributed by atoms with Gasteiger partial charge in [-0.15, -0.1) is 11.3 Å². The van der Waals surface area contributed by atoms with Crippen LogP contribution in [0.2, 0.25) is 0 Å². The maximum Gasteiger partial charge on any atom is 0.425 e. The fourth-order valence-electron chi connectivity index (χ4n) is 1.90. The molecular formula is C12H10F3N5S. The minimum Gasteiger partial charge on any atom is -0.364 e. The van der Waals surface area contributed by atoms with Crippen LogP contribution < -0.4 is 5.32 Å². The van der Waals surface area contributed by atoms with Crippen molar-refractivity contribution in [3.63, 3.8) is 0 Å². The molecule has 0 aliphatic heterocycles. The van der Waals surface area contributed by atoms with Crippen LogP contribution in [0.1, 0.15) is 9.75 Å². The first-order chi connectivity index (χ1) is 9.95. The molecule has 0 saturated carbocycles. The number of hydrogen-bond acceptors (Lipinski definition) is 5. The predicted molar refractivity (Wildman–Crippen MR) is 73.0 cm³/mol. The van der Waals surface area contributed by atoms with Crippen molar-refractivity contribution in [2.75, 3.05) is 5.32 Å². The fraction of sp³-hybridized carbons (Fsp3) is 0.250. The van der Waals surface area contributed by atoms with E-state index in [0.29, 0.717) is 16.3 Å². The van der Waals surface area contributed by atoms with E-state index in [9.17, 15) is 13.2 Å². The molecule has 3 aromatic heterocycles. The monoisotopic (exact) mass is 313 g/mol. The number of fused-ring (bicyclic) bond motifs is 1. The van der Waals surface area contributed by atoms with E-state index < -0.39 is 11.1 Å². The summed E-state index contributed by atoms with van der Waals surface area (Å²) >= 11 is 0.718. The number of anilines is 1. The topological polar surface area (TPSA) is 55.6 Å². The van der Waals surface area contributed by atoms with Gasteiger partial charge in [-0.1, -0.05) is 0 Å². The number of aromatic nitrogens is 4. The molecule has 3 rings (SSSR count). The average Bonchev–Trinajstić information content (AvgIpc) is 3.04. The van der Waals surface area contributed by atoms with Crippen LogP contribution in [0.5, 0.6) is 0 Å². The van der Waals surface area contributed by atoms with Gasteiger partial charge < -0.3 is 5.32 Å². The Hall–Kier alpha value is -2.16. The molecule has 9 heteroatoms. The van der Waals surface area contributed by atoms with E-state index in [1.807, 2.05) is 0 Å². The van der Waals surface area contributed by atoms with Gasteiger partial charge in [0.05, 0.1) is 18.1 Å².